The Morgan fingerprint density at radius 3 is 1.92 bits per heavy atom. The van der Waals surface area contributed by atoms with Crippen molar-refractivity contribution >= 4 is 0 Å². The zero-order chi connectivity index (χ0) is 16.5. The quantitative estimate of drug-likeness (QED) is 0.522. The van der Waals surface area contributed by atoms with Crippen LogP contribution in [0.2, 0.25) is 0 Å². The Kier molecular flexibility index (Phi) is 6.25. The molecule has 0 amide bonds. The normalized spacial score (nSPS) is 31.0. The van der Waals surface area contributed by atoms with E-state index in [2.05, 4.69) is 85.1 Å². The molecule has 0 aromatic carbocycles. The molecule has 0 N–H and O–H groups in total. The average Bonchev–Trinajstić information content (AvgIpc) is 2.49. The number of allylic oxidation sites excluding steroid dienone is 18. The maximum absolute atomic E-state index is 2.32. The zero-order valence-electron chi connectivity index (χ0n) is 14.3. The van der Waals surface area contributed by atoms with Gasteiger partial charge in [0.05, 0.1) is 0 Å². The van der Waals surface area contributed by atoms with Crippen molar-refractivity contribution in [1.29, 1.82) is 0 Å². The second kappa shape index (κ2) is 9.08. The highest BCUT2D eigenvalue weighted by Gasteiger charge is 2.14. The molecule has 0 nitrogen and oxygen atoms in total. The second-order valence-electron chi connectivity index (χ2n) is 6.34. The topological polar surface area (TPSA) is 0 Å². The number of rotatable bonds is 2. The SMILES string of the molecule is C1=C\C=C/C=C(/C2=C\C=C/CCCC2)C(C2=C/C=C\C=C/CC2)=C1. The lowest BCUT2D eigenvalue weighted by atomic mass is 9.85. The summed E-state index contributed by atoms with van der Waals surface area (Å²) in [5, 5.41) is 0. The zero-order valence-corrected chi connectivity index (χ0v) is 14.3. The standard InChI is InChI=1S/C24H26/c1-3-9-15-21(16-10-4-1)23-19-13-7-8-14-20-24(23)22-17-11-5-2-6-12-18-22/h1,3-5,7-9,11,13-15,17,19-20H,2,6,10,12,16,18H2/b4-1-,8-7?,9-3-,11-5-,13-7?,14-8-,19-13?,20-14?,21-15?,22-17-,23-19?,24-20-,24-23?. The molecule has 3 aliphatic carbocycles. The molecule has 0 fully saturated rings. The van der Waals surface area contributed by atoms with Crippen LogP contribution in [0.1, 0.15) is 38.5 Å². The third-order valence-electron chi connectivity index (χ3n) is 4.58. The minimum absolute atomic E-state index is 1.09. The van der Waals surface area contributed by atoms with Crippen molar-refractivity contribution in [3.63, 3.8) is 0 Å². The molecule has 24 heavy (non-hydrogen) atoms. The van der Waals surface area contributed by atoms with E-state index >= 15 is 0 Å². The largest absolute Gasteiger partial charge is 0.0845 e. The molecule has 0 saturated heterocycles. The molecule has 0 spiro atoms. The van der Waals surface area contributed by atoms with Gasteiger partial charge in [0.2, 0.25) is 0 Å². The fourth-order valence-electron chi connectivity index (χ4n) is 3.29. The van der Waals surface area contributed by atoms with Crippen molar-refractivity contribution in [3.05, 3.63) is 107 Å². The molecule has 3 aliphatic rings. The van der Waals surface area contributed by atoms with Crippen LogP contribution < -0.4 is 0 Å². The van der Waals surface area contributed by atoms with Gasteiger partial charge in [-0.15, -0.1) is 0 Å². The average molecular weight is 314 g/mol. The second-order valence-corrected chi connectivity index (χ2v) is 6.34. The fourth-order valence-corrected chi connectivity index (χ4v) is 3.29. The maximum atomic E-state index is 2.32. The third kappa shape index (κ3) is 4.58. The van der Waals surface area contributed by atoms with Gasteiger partial charge in [0.15, 0.2) is 0 Å². The summed E-state index contributed by atoms with van der Waals surface area (Å²) in [6.07, 6.45) is 38.0. The van der Waals surface area contributed by atoms with Crippen molar-refractivity contribution in [2.75, 3.05) is 0 Å². The van der Waals surface area contributed by atoms with Crippen molar-refractivity contribution in [3.8, 4) is 0 Å². The summed E-state index contributed by atoms with van der Waals surface area (Å²) in [5.41, 5.74) is 5.63. The Morgan fingerprint density at radius 1 is 0.458 bits per heavy atom. The van der Waals surface area contributed by atoms with E-state index in [4.69, 9.17) is 0 Å². The fraction of sp³-hybridized carbons (Fsp3) is 0.250. The summed E-state index contributed by atoms with van der Waals surface area (Å²) in [7, 11) is 0. The highest BCUT2D eigenvalue weighted by molar-refractivity contribution is 5.60. The summed E-state index contributed by atoms with van der Waals surface area (Å²) < 4.78 is 0. The summed E-state index contributed by atoms with van der Waals surface area (Å²) in [6.45, 7) is 0. The molecule has 0 aliphatic heterocycles. The van der Waals surface area contributed by atoms with Gasteiger partial charge in [0.1, 0.15) is 0 Å². The smallest absolute Gasteiger partial charge is 0.0149 e. The predicted octanol–water partition coefficient (Wildman–Crippen LogP) is 6.85. The first-order chi connectivity index (χ1) is 11.9. The Bertz CT molecular complexity index is 683. The highest BCUT2D eigenvalue weighted by atomic mass is 14.2. The van der Waals surface area contributed by atoms with Crippen LogP contribution in [0.25, 0.3) is 0 Å². The molecule has 0 saturated carbocycles. The summed E-state index contributed by atoms with van der Waals surface area (Å²) >= 11 is 0. The molecule has 3 rings (SSSR count). The van der Waals surface area contributed by atoms with Gasteiger partial charge in [0.25, 0.3) is 0 Å². The van der Waals surface area contributed by atoms with Crippen LogP contribution in [0, 0.1) is 0 Å². The van der Waals surface area contributed by atoms with Crippen LogP contribution in [0.5, 0.6) is 0 Å². The summed E-state index contributed by atoms with van der Waals surface area (Å²) in [6, 6.07) is 0. The van der Waals surface area contributed by atoms with Crippen LogP contribution in [-0.2, 0) is 0 Å². The van der Waals surface area contributed by atoms with Gasteiger partial charge in [0, 0.05) is 0 Å². The van der Waals surface area contributed by atoms with Crippen LogP contribution in [0.4, 0.5) is 0 Å². The van der Waals surface area contributed by atoms with E-state index in [1.807, 2.05) is 0 Å². The summed E-state index contributed by atoms with van der Waals surface area (Å²) in [4.78, 5) is 0. The molecule has 0 aromatic rings. The molecule has 0 radical (unpaired) electrons. The van der Waals surface area contributed by atoms with Gasteiger partial charge in [-0.25, -0.2) is 0 Å². The monoisotopic (exact) mass is 314 g/mol. The predicted molar refractivity (Wildman–Crippen MR) is 106 cm³/mol. The first-order valence-electron chi connectivity index (χ1n) is 9.09. The van der Waals surface area contributed by atoms with E-state index < -0.39 is 0 Å². The van der Waals surface area contributed by atoms with Gasteiger partial charge < -0.3 is 0 Å². The van der Waals surface area contributed by atoms with Crippen LogP contribution in [-0.4, -0.2) is 0 Å². The molecule has 122 valence electrons. The minimum Gasteiger partial charge on any atom is -0.0845 e. The van der Waals surface area contributed by atoms with E-state index in [0.717, 1.165) is 19.3 Å². The minimum atomic E-state index is 1.09. The number of hydrogen-bond acceptors (Lipinski definition) is 0. The Morgan fingerprint density at radius 2 is 1.08 bits per heavy atom. The summed E-state index contributed by atoms with van der Waals surface area (Å²) in [5.74, 6) is 0. The molecule has 0 heterocycles. The van der Waals surface area contributed by atoms with Crippen LogP contribution in [0.3, 0.4) is 0 Å². The maximum Gasteiger partial charge on any atom is -0.0149 e. The van der Waals surface area contributed by atoms with E-state index in [1.54, 1.807) is 0 Å². The molecule has 0 bridgehead atoms. The first-order valence-corrected chi connectivity index (χ1v) is 9.09. The lowest BCUT2D eigenvalue weighted by molar-refractivity contribution is 0.741. The molecule has 0 unspecified atom stereocenters. The van der Waals surface area contributed by atoms with Crippen molar-refractivity contribution in [2.45, 2.75) is 38.5 Å². The first kappa shape index (κ1) is 16.5. The molecule has 0 aromatic heterocycles. The molecular weight excluding hydrogens is 288 g/mol. The number of hydrogen-bond donors (Lipinski definition) is 0. The molecule has 0 atom stereocenters. The third-order valence-corrected chi connectivity index (χ3v) is 4.58. The van der Waals surface area contributed by atoms with E-state index in [9.17, 15) is 0 Å². The van der Waals surface area contributed by atoms with Gasteiger partial charge in [-0.1, -0.05) is 85.1 Å². The van der Waals surface area contributed by atoms with Crippen LogP contribution >= 0.6 is 0 Å². The van der Waals surface area contributed by atoms with Crippen molar-refractivity contribution in [1.82, 2.24) is 0 Å². The van der Waals surface area contributed by atoms with Gasteiger partial charge in [-0.3, -0.25) is 0 Å². The van der Waals surface area contributed by atoms with Crippen molar-refractivity contribution in [2.24, 2.45) is 0 Å². The Hall–Kier alpha value is -2.34. The van der Waals surface area contributed by atoms with Crippen LogP contribution in [0.15, 0.2) is 107 Å². The lowest BCUT2D eigenvalue weighted by Crippen LogP contribution is -2.01. The Labute approximate surface area is 146 Å². The van der Waals surface area contributed by atoms with Gasteiger partial charge in [-0.05, 0) is 60.8 Å². The van der Waals surface area contributed by atoms with E-state index in [-0.39, 0.29) is 0 Å². The van der Waals surface area contributed by atoms with Crippen molar-refractivity contribution < 1.29 is 0 Å². The van der Waals surface area contributed by atoms with Gasteiger partial charge in [-0.2, -0.15) is 0 Å². The highest BCUT2D eigenvalue weighted by Crippen LogP contribution is 2.33. The van der Waals surface area contributed by atoms with E-state index in [0.29, 0.717) is 0 Å². The molecular formula is C24H26. The van der Waals surface area contributed by atoms with Gasteiger partial charge >= 0.3 is 0 Å². The Balaban J connectivity index is 1.99. The van der Waals surface area contributed by atoms with E-state index in [1.165, 1.54) is 41.6 Å². The molecule has 0 heteroatoms. The lowest BCUT2D eigenvalue weighted by Gasteiger charge is -2.20.